The highest BCUT2D eigenvalue weighted by Crippen LogP contribution is 2.44. The second-order valence-corrected chi connectivity index (χ2v) is 31.7. The third kappa shape index (κ3) is 15.3. The highest BCUT2D eigenvalue weighted by atomic mass is 32.2. The third-order valence-corrected chi connectivity index (χ3v) is 25.5. The van der Waals surface area contributed by atoms with Crippen LogP contribution in [0.15, 0.2) is 145 Å². The molecule has 5 atom stereocenters. The second-order valence-electron chi connectivity index (χ2n) is 25.7. The number of hydrogen-bond donors (Lipinski definition) is 2. The molecule has 6 heterocycles. The van der Waals surface area contributed by atoms with Gasteiger partial charge in [0.2, 0.25) is 20.0 Å². The van der Waals surface area contributed by atoms with Gasteiger partial charge >= 0.3 is 0 Å². The van der Waals surface area contributed by atoms with Gasteiger partial charge in [-0.1, -0.05) is 84.9 Å². The zero-order valence-electron chi connectivity index (χ0n) is 57.7. The molecule has 0 aliphatic carbocycles. The first-order valence-corrected chi connectivity index (χ1v) is 38.5. The van der Waals surface area contributed by atoms with Crippen molar-refractivity contribution in [3.63, 3.8) is 0 Å². The number of amides is 4. The summed E-state index contributed by atoms with van der Waals surface area (Å²) in [6.07, 6.45) is 2.56. The normalized spacial score (nSPS) is 18.5. The molecule has 2 N–H and O–H groups in total. The van der Waals surface area contributed by atoms with E-state index in [0.717, 1.165) is 37.6 Å². The Morgan fingerprint density at radius 3 is 1.35 bits per heavy atom. The lowest BCUT2D eigenvalue weighted by Crippen LogP contribution is -2.47. The Hall–Kier alpha value is -8.70. The minimum Gasteiger partial charge on any atom is -0.493 e. The summed E-state index contributed by atoms with van der Waals surface area (Å²) in [4.78, 5) is 69.0. The molecular weight excluding hydrogens is 1340 g/mol. The number of rotatable bonds is 26. The quantitative estimate of drug-likeness (QED) is 0.0380. The Balaban J connectivity index is 0.000000202. The van der Waals surface area contributed by atoms with Crippen LogP contribution in [0.2, 0.25) is 0 Å². The molecule has 0 bridgehead atoms. The Morgan fingerprint density at radius 2 is 0.960 bits per heavy atom. The summed E-state index contributed by atoms with van der Waals surface area (Å²) in [5, 5.41) is 3.06. The van der Waals surface area contributed by atoms with Crippen molar-refractivity contribution in [2.75, 3.05) is 115 Å². The maximum absolute atomic E-state index is 14.4. The molecule has 5 aliphatic rings. The number of aromatic nitrogens is 2. The molecule has 12 rings (SSSR count). The number of carbonyl (C=O) groups is 4. The summed E-state index contributed by atoms with van der Waals surface area (Å²) in [5.74, 6) is -0.224. The molecule has 7 aromatic rings. The van der Waals surface area contributed by atoms with E-state index in [1.165, 1.54) is 53.1 Å². The molecule has 0 saturated carbocycles. The van der Waals surface area contributed by atoms with Crippen LogP contribution in [0, 0.1) is 6.92 Å². The average molecular weight is 1430 g/mol. The molecule has 1 unspecified atom stereocenters. The van der Waals surface area contributed by atoms with Gasteiger partial charge in [-0.3, -0.25) is 43.5 Å². The van der Waals surface area contributed by atoms with Crippen LogP contribution in [-0.2, 0) is 36.9 Å². The fourth-order valence-electron chi connectivity index (χ4n) is 14.2. The van der Waals surface area contributed by atoms with Crippen LogP contribution >= 0.6 is 0 Å². The summed E-state index contributed by atoms with van der Waals surface area (Å²) >= 11 is 0. The van der Waals surface area contributed by atoms with Gasteiger partial charge in [0.25, 0.3) is 23.6 Å². The zero-order valence-corrected chi connectivity index (χ0v) is 60.2. The first-order chi connectivity index (χ1) is 48.0. The van der Waals surface area contributed by atoms with Gasteiger partial charge in [-0.2, -0.15) is 5.10 Å². The molecule has 4 amide bonds. The van der Waals surface area contributed by atoms with Crippen molar-refractivity contribution in [2.45, 2.75) is 87.2 Å². The van der Waals surface area contributed by atoms with E-state index in [9.17, 15) is 44.4 Å². The monoisotopic (exact) mass is 1420 g/mol. The van der Waals surface area contributed by atoms with Crippen LogP contribution in [0.1, 0.15) is 139 Å². The number of fused-ring (bicyclic) bond motifs is 2. The van der Waals surface area contributed by atoms with Crippen LogP contribution in [0.3, 0.4) is 0 Å². The molecule has 532 valence electrons. The number of methoxy groups -OCH3 is 4. The first-order valence-electron chi connectivity index (χ1n) is 33.7. The summed E-state index contributed by atoms with van der Waals surface area (Å²) in [6.45, 7) is 12.2. The maximum Gasteiger partial charge on any atom is 0.264 e. The van der Waals surface area contributed by atoms with Gasteiger partial charge in [0.15, 0.2) is 32.8 Å². The number of nitrogens with zero attached hydrogens (tertiary/aromatic N) is 8. The van der Waals surface area contributed by atoms with E-state index >= 15 is 0 Å². The standard InChI is InChI=1S/C37H44N6O6S.C36H44N4O8S2/c1-25(27-11-7-6-8-12-27)41-19-21-42(22-20-41)31-14-9-13-29-35(31)37(45)43(36(29)44)30(28-16-17-32(48-4)33(23-28)49-5)15-10-18-39-50(46,47)34-24-38-40(3)26(34)2;1-25(26-9-5-4-6-10-26)38-18-20-39(21-19-38)31-12-7-11-29-34(31)36(42)40(35(29)41)30(27-14-15-32(47-2)33(23-27)48-3)13-8-17-37-50(45,46)28-16-22-49(43,44)24-28/h6-9,11-14,16-17,23-25,30,39H,10,15,18-22H2,1-5H3;4-7,9-12,14-15,23,25,28,30,37H,8,13,16-22,24H2,1-3H3/t25-,30-;25-,28?,30-/m11/s1. The molecule has 0 spiro atoms. The van der Waals surface area contributed by atoms with E-state index in [1.54, 1.807) is 63.5 Å². The van der Waals surface area contributed by atoms with E-state index in [0.29, 0.717) is 101 Å². The van der Waals surface area contributed by atoms with E-state index in [2.05, 4.69) is 84.4 Å². The van der Waals surface area contributed by atoms with Crippen molar-refractivity contribution in [2.24, 2.45) is 7.05 Å². The highest BCUT2D eigenvalue weighted by molar-refractivity contribution is 7.95. The topological polar surface area (TPSA) is 269 Å². The summed E-state index contributed by atoms with van der Waals surface area (Å²) in [5.41, 5.74) is 7.29. The van der Waals surface area contributed by atoms with Gasteiger partial charge in [-0.15, -0.1) is 0 Å². The smallest absolute Gasteiger partial charge is 0.264 e. The van der Waals surface area contributed by atoms with E-state index < -0.39 is 64.8 Å². The number of ether oxygens (including phenoxy) is 4. The van der Waals surface area contributed by atoms with Crippen LogP contribution in [0.5, 0.6) is 23.0 Å². The second kappa shape index (κ2) is 31.0. The summed E-state index contributed by atoms with van der Waals surface area (Å²) in [7, 11) is -3.28. The van der Waals surface area contributed by atoms with Crippen molar-refractivity contribution in [1.82, 2.24) is 38.8 Å². The SMILES string of the molecule is COc1ccc([C@@H](CCCNS(=O)(=O)C2CCS(=O)(=O)C2)N2C(=O)c3cccc(N4CCN([C@H](C)c5ccccc5)CC4)c3C2=O)cc1OC.COc1ccc([C@@H](CCCNS(=O)(=O)c2cnn(C)c2C)N2C(=O)c3cccc(N4CCN([C@H](C)c5ccccc5)CC4)c3C2=O)cc1OC. The number of sulfonamides is 2. The summed E-state index contributed by atoms with van der Waals surface area (Å²) in [6, 6.07) is 41.3. The predicted molar refractivity (Wildman–Crippen MR) is 381 cm³/mol. The van der Waals surface area contributed by atoms with Crippen molar-refractivity contribution in [3.8, 4) is 23.0 Å². The number of piperazine rings is 2. The number of anilines is 2. The van der Waals surface area contributed by atoms with E-state index in [1.807, 2.05) is 54.6 Å². The molecule has 24 nitrogen and oxygen atoms in total. The zero-order chi connectivity index (χ0) is 71.2. The highest BCUT2D eigenvalue weighted by Gasteiger charge is 2.46. The predicted octanol–water partition coefficient (Wildman–Crippen LogP) is 8.54. The molecule has 3 saturated heterocycles. The molecular formula is C73H88N10O14S3. The Labute approximate surface area is 586 Å². The number of carbonyl (C=O) groups excluding carboxylic acids is 4. The third-order valence-electron chi connectivity index (χ3n) is 20.0. The molecule has 100 heavy (non-hydrogen) atoms. The molecule has 1 aromatic heterocycles. The minimum atomic E-state index is -3.86. The van der Waals surface area contributed by atoms with Crippen molar-refractivity contribution < 1.29 is 63.4 Å². The molecule has 0 radical (unpaired) electrons. The lowest BCUT2D eigenvalue weighted by molar-refractivity contribution is 0.0557. The number of hydrogen-bond acceptors (Lipinski definition) is 19. The Kier molecular flexibility index (Phi) is 22.5. The average Bonchev–Trinajstić information content (AvgIpc) is 1.60. The van der Waals surface area contributed by atoms with Crippen LogP contribution in [0.4, 0.5) is 11.4 Å². The number of nitrogens with one attached hydrogen (secondary N) is 2. The fourth-order valence-corrected chi connectivity index (χ4v) is 19.6. The van der Waals surface area contributed by atoms with Crippen molar-refractivity contribution in [3.05, 3.63) is 190 Å². The van der Waals surface area contributed by atoms with E-state index in [4.69, 9.17) is 18.9 Å². The van der Waals surface area contributed by atoms with Gasteiger partial charge in [-0.05, 0) is 124 Å². The molecule has 6 aromatic carbocycles. The molecule has 5 aliphatic heterocycles. The lowest BCUT2D eigenvalue weighted by atomic mass is 9.99. The minimum absolute atomic E-state index is 0.0166. The molecule has 3 fully saturated rings. The number of benzene rings is 6. The fraction of sp³-hybridized carbons (Fsp3) is 0.411. The van der Waals surface area contributed by atoms with E-state index in [-0.39, 0.29) is 66.9 Å². The van der Waals surface area contributed by atoms with Crippen LogP contribution < -0.4 is 38.2 Å². The van der Waals surface area contributed by atoms with Gasteiger partial charge < -0.3 is 28.7 Å². The van der Waals surface area contributed by atoms with Crippen molar-refractivity contribution in [1.29, 1.82) is 0 Å². The van der Waals surface area contributed by atoms with Crippen LogP contribution in [0.25, 0.3) is 0 Å². The van der Waals surface area contributed by atoms with Gasteiger partial charge in [0.05, 0.1) is 103 Å². The largest absolute Gasteiger partial charge is 0.493 e. The van der Waals surface area contributed by atoms with Gasteiger partial charge in [0.1, 0.15) is 4.90 Å². The van der Waals surface area contributed by atoms with Crippen molar-refractivity contribution >= 4 is 64.9 Å². The number of aryl methyl sites for hydroxylation is 1. The number of sulfone groups is 1. The summed E-state index contributed by atoms with van der Waals surface area (Å²) < 4.78 is 104. The maximum atomic E-state index is 14.4. The van der Waals surface area contributed by atoms with Gasteiger partial charge in [-0.25, -0.2) is 34.7 Å². The Bertz CT molecular complexity index is 4490. The molecule has 27 heteroatoms. The van der Waals surface area contributed by atoms with Crippen LogP contribution in [-0.4, -0.2) is 189 Å². The Morgan fingerprint density at radius 1 is 0.530 bits per heavy atom. The van der Waals surface area contributed by atoms with Gasteiger partial charge in [0, 0.05) is 84.6 Å². The lowest BCUT2D eigenvalue weighted by Gasteiger charge is -2.39. The number of imide groups is 2. The first kappa shape index (κ1) is 72.5.